The van der Waals surface area contributed by atoms with E-state index in [1.807, 2.05) is 0 Å². The summed E-state index contributed by atoms with van der Waals surface area (Å²) in [6.45, 7) is 2.09. The fraction of sp³-hybridized carbons (Fsp3) is 0.455. The molecule has 0 saturated heterocycles. The van der Waals surface area contributed by atoms with Crippen LogP contribution in [0.2, 0.25) is 0 Å². The van der Waals surface area contributed by atoms with Gasteiger partial charge < -0.3 is 10.4 Å². The maximum absolute atomic E-state index is 13.3. The van der Waals surface area contributed by atoms with Crippen LogP contribution in [0.4, 0.5) is 14.5 Å². The predicted molar refractivity (Wildman–Crippen MR) is 61.0 cm³/mol. The summed E-state index contributed by atoms with van der Waals surface area (Å²) >= 11 is 0. The summed E-state index contributed by atoms with van der Waals surface area (Å²) in [5.41, 5.74) is -0.725. The lowest BCUT2D eigenvalue weighted by atomic mass is 10.1. The van der Waals surface area contributed by atoms with Crippen molar-refractivity contribution in [1.82, 2.24) is 5.32 Å². The highest BCUT2D eigenvalue weighted by Crippen LogP contribution is 2.21. The number of hydrogen-bond acceptors (Lipinski definition) is 4. The zero-order chi connectivity index (χ0) is 13.7. The number of nitro benzene ring substituents is 1. The molecule has 0 spiro atoms. The molecule has 0 saturated carbocycles. The van der Waals surface area contributed by atoms with E-state index in [-0.39, 0.29) is 12.1 Å². The highest BCUT2D eigenvalue weighted by atomic mass is 19.1. The Kier molecular flexibility index (Phi) is 5.11. The van der Waals surface area contributed by atoms with E-state index >= 15 is 0 Å². The van der Waals surface area contributed by atoms with Gasteiger partial charge in [-0.05, 0) is 19.9 Å². The Hall–Kier alpha value is -1.60. The number of rotatable bonds is 6. The highest BCUT2D eigenvalue weighted by molar-refractivity contribution is 5.37. The van der Waals surface area contributed by atoms with Crippen LogP contribution in [-0.2, 0) is 6.54 Å². The third-order valence-electron chi connectivity index (χ3n) is 2.37. The Balaban J connectivity index is 2.70. The fourth-order valence-corrected chi connectivity index (χ4v) is 1.39. The minimum Gasteiger partial charge on any atom is -0.393 e. The van der Waals surface area contributed by atoms with Crippen LogP contribution in [0.1, 0.15) is 18.9 Å². The smallest absolute Gasteiger partial charge is 0.305 e. The third kappa shape index (κ3) is 4.01. The molecule has 0 aliphatic carbocycles. The Labute approximate surface area is 103 Å². The van der Waals surface area contributed by atoms with Crippen LogP contribution in [0.5, 0.6) is 0 Å². The molecule has 0 aliphatic heterocycles. The van der Waals surface area contributed by atoms with Crippen molar-refractivity contribution in [2.45, 2.75) is 26.0 Å². The van der Waals surface area contributed by atoms with Crippen molar-refractivity contribution in [3.8, 4) is 0 Å². The van der Waals surface area contributed by atoms with Gasteiger partial charge in [-0.3, -0.25) is 10.1 Å². The largest absolute Gasteiger partial charge is 0.393 e. The Morgan fingerprint density at radius 1 is 1.44 bits per heavy atom. The van der Waals surface area contributed by atoms with Crippen molar-refractivity contribution < 1.29 is 18.8 Å². The minimum absolute atomic E-state index is 0.0219. The van der Waals surface area contributed by atoms with Gasteiger partial charge in [0, 0.05) is 24.2 Å². The van der Waals surface area contributed by atoms with Gasteiger partial charge in [-0.1, -0.05) is 0 Å². The molecule has 1 atom stereocenters. The SMILES string of the molecule is CC(O)CCNCc1cc([N+](=O)[O-])c(F)cc1F. The van der Waals surface area contributed by atoms with Crippen molar-refractivity contribution in [1.29, 1.82) is 0 Å². The summed E-state index contributed by atoms with van der Waals surface area (Å²) in [7, 11) is 0. The molecule has 0 aliphatic rings. The second-order valence-electron chi connectivity index (χ2n) is 3.97. The van der Waals surface area contributed by atoms with Gasteiger partial charge in [0.15, 0.2) is 0 Å². The van der Waals surface area contributed by atoms with Gasteiger partial charge in [-0.15, -0.1) is 0 Å². The summed E-state index contributed by atoms with van der Waals surface area (Å²) < 4.78 is 26.4. The number of aliphatic hydroxyl groups is 1. The van der Waals surface area contributed by atoms with Crippen LogP contribution >= 0.6 is 0 Å². The standard InChI is InChI=1S/C11H14F2N2O3/c1-7(16)2-3-14-6-8-4-11(15(17)18)10(13)5-9(8)12/h4-5,7,14,16H,2-3,6H2,1H3. The molecule has 18 heavy (non-hydrogen) atoms. The monoisotopic (exact) mass is 260 g/mol. The van der Waals surface area contributed by atoms with Gasteiger partial charge in [-0.25, -0.2) is 4.39 Å². The molecule has 1 rings (SSSR count). The zero-order valence-corrected chi connectivity index (χ0v) is 9.82. The first-order valence-corrected chi connectivity index (χ1v) is 5.43. The van der Waals surface area contributed by atoms with Gasteiger partial charge in [0.1, 0.15) is 5.82 Å². The number of nitrogens with zero attached hydrogens (tertiary/aromatic N) is 1. The topological polar surface area (TPSA) is 75.4 Å². The first kappa shape index (κ1) is 14.5. The first-order valence-electron chi connectivity index (χ1n) is 5.43. The molecule has 0 bridgehead atoms. The lowest BCUT2D eigenvalue weighted by molar-refractivity contribution is -0.387. The molecule has 0 amide bonds. The molecule has 5 nitrogen and oxygen atoms in total. The van der Waals surface area contributed by atoms with Crippen molar-refractivity contribution in [2.75, 3.05) is 6.54 Å². The zero-order valence-electron chi connectivity index (χ0n) is 9.82. The Morgan fingerprint density at radius 2 is 2.11 bits per heavy atom. The van der Waals surface area contributed by atoms with Crippen molar-refractivity contribution in [2.24, 2.45) is 0 Å². The Bertz CT molecular complexity index is 439. The van der Waals surface area contributed by atoms with Gasteiger partial charge in [0.05, 0.1) is 11.0 Å². The maximum Gasteiger partial charge on any atom is 0.305 e. The molecule has 0 fully saturated rings. The first-order chi connectivity index (χ1) is 8.41. The highest BCUT2D eigenvalue weighted by Gasteiger charge is 2.18. The molecule has 100 valence electrons. The normalized spacial score (nSPS) is 12.4. The predicted octanol–water partition coefficient (Wildman–Crippen LogP) is 1.73. The summed E-state index contributed by atoms with van der Waals surface area (Å²) in [4.78, 5) is 9.60. The summed E-state index contributed by atoms with van der Waals surface area (Å²) in [6.07, 6.45) is -0.00448. The molecular weight excluding hydrogens is 246 g/mol. The summed E-state index contributed by atoms with van der Waals surface area (Å²) in [5.74, 6) is -2.02. The molecule has 0 heterocycles. The molecule has 1 aromatic rings. The second kappa shape index (κ2) is 6.36. The summed E-state index contributed by atoms with van der Waals surface area (Å²) in [5, 5.41) is 22.3. The van der Waals surface area contributed by atoms with Crippen LogP contribution < -0.4 is 5.32 Å². The Morgan fingerprint density at radius 3 is 2.67 bits per heavy atom. The molecule has 0 aromatic heterocycles. The number of hydrogen-bond donors (Lipinski definition) is 2. The quantitative estimate of drug-likeness (QED) is 0.464. The van der Waals surface area contributed by atoms with Crippen LogP contribution in [0, 0.1) is 21.7 Å². The average Bonchev–Trinajstić information content (AvgIpc) is 2.25. The van der Waals surface area contributed by atoms with E-state index in [1.54, 1.807) is 6.92 Å². The van der Waals surface area contributed by atoms with Crippen LogP contribution in [-0.4, -0.2) is 22.7 Å². The molecule has 0 radical (unpaired) electrons. The number of nitrogens with one attached hydrogen (secondary N) is 1. The van der Waals surface area contributed by atoms with E-state index < -0.39 is 28.3 Å². The van der Waals surface area contributed by atoms with E-state index in [4.69, 9.17) is 5.11 Å². The van der Waals surface area contributed by atoms with Gasteiger partial charge in [0.2, 0.25) is 5.82 Å². The molecule has 2 N–H and O–H groups in total. The van der Waals surface area contributed by atoms with Crippen LogP contribution in [0.3, 0.4) is 0 Å². The number of benzene rings is 1. The lowest BCUT2D eigenvalue weighted by Crippen LogP contribution is -2.19. The lowest BCUT2D eigenvalue weighted by Gasteiger charge is -2.07. The van der Waals surface area contributed by atoms with Crippen molar-refractivity contribution in [3.63, 3.8) is 0 Å². The van der Waals surface area contributed by atoms with E-state index in [0.29, 0.717) is 19.0 Å². The number of aliphatic hydroxyl groups excluding tert-OH is 1. The van der Waals surface area contributed by atoms with E-state index in [0.717, 1.165) is 6.07 Å². The minimum atomic E-state index is -1.19. The van der Waals surface area contributed by atoms with Gasteiger partial charge >= 0.3 is 5.69 Å². The number of nitro groups is 1. The van der Waals surface area contributed by atoms with Gasteiger partial charge in [0.25, 0.3) is 0 Å². The van der Waals surface area contributed by atoms with Crippen molar-refractivity contribution >= 4 is 5.69 Å². The third-order valence-corrected chi connectivity index (χ3v) is 2.37. The molecule has 7 heteroatoms. The second-order valence-corrected chi connectivity index (χ2v) is 3.97. The van der Waals surface area contributed by atoms with E-state index in [2.05, 4.69) is 5.32 Å². The fourth-order valence-electron chi connectivity index (χ4n) is 1.39. The van der Waals surface area contributed by atoms with E-state index in [9.17, 15) is 18.9 Å². The molecule has 1 aromatic carbocycles. The molecular formula is C11H14F2N2O3. The van der Waals surface area contributed by atoms with E-state index in [1.165, 1.54) is 0 Å². The van der Waals surface area contributed by atoms with Gasteiger partial charge in [-0.2, -0.15) is 4.39 Å². The van der Waals surface area contributed by atoms with Crippen LogP contribution in [0.15, 0.2) is 12.1 Å². The average molecular weight is 260 g/mol. The van der Waals surface area contributed by atoms with Crippen LogP contribution in [0.25, 0.3) is 0 Å². The molecule has 1 unspecified atom stereocenters. The van der Waals surface area contributed by atoms with Crippen molar-refractivity contribution in [3.05, 3.63) is 39.4 Å². The maximum atomic E-state index is 13.3. The number of halogens is 2. The summed E-state index contributed by atoms with van der Waals surface area (Å²) in [6, 6.07) is 1.38.